The van der Waals surface area contributed by atoms with Crippen molar-refractivity contribution in [2.45, 2.75) is 50.8 Å². The van der Waals surface area contributed by atoms with Gasteiger partial charge in [-0.05, 0) is 0 Å². The Labute approximate surface area is 126 Å². The monoisotopic (exact) mass is 324 g/mol. The zero-order valence-corrected chi connectivity index (χ0v) is 12.5. The van der Waals surface area contributed by atoms with Crippen molar-refractivity contribution >= 4 is 29.5 Å². The Balaban J connectivity index is 2.94. The number of rotatable bonds is 4. The van der Waals surface area contributed by atoms with Gasteiger partial charge in [-0.3, -0.25) is 14.4 Å². The predicted molar refractivity (Wildman–Crippen MR) is 68.3 cm³/mol. The van der Waals surface area contributed by atoms with Gasteiger partial charge in [0.2, 0.25) is 0 Å². The summed E-state index contributed by atoms with van der Waals surface area (Å²) in [7, 11) is 0. The van der Waals surface area contributed by atoms with Gasteiger partial charge >= 0.3 is 17.9 Å². The van der Waals surface area contributed by atoms with Gasteiger partial charge in [-0.2, -0.15) is 0 Å². The highest BCUT2D eigenvalue weighted by atomic mass is 35.5. The molecule has 0 aromatic heterocycles. The fourth-order valence-electron chi connectivity index (χ4n) is 1.88. The van der Waals surface area contributed by atoms with Crippen LogP contribution in [0.3, 0.4) is 0 Å². The molecule has 0 radical (unpaired) electrons. The van der Waals surface area contributed by atoms with Gasteiger partial charge < -0.3 is 24.1 Å². The second-order valence-corrected chi connectivity index (χ2v) is 4.96. The Morgan fingerprint density at radius 2 is 1.57 bits per heavy atom. The predicted octanol–water partition coefficient (Wildman–Crippen LogP) is -0.263. The van der Waals surface area contributed by atoms with E-state index in [9.17, 15) is 19.5 Å². The average molecular weight is 325 g/mol. The highest BCUT2D eigenvalue weighted by Crippen LogP contribution is 2.29. The van der Waals surface area contributed by atoms with Crippen molar-refractivity contribution in [1.29, 1.82) is 0 Å². The lowest BCUT2D eigenvalue weighted by Crippen LogP contribution is -2.59. The number of halogens is 1. The van der Waals surface area contributed by atoms with E-state index < -0.39 is 47.9 Å². The third-order valence-electron chi connectivity index (χ3n) is 2.65. The van der Waals surface area contributed by atoms with Crippen LogP contribution in [0.5, 0.6) is 0 Å². The van der Waals surface area contributed by atoms with Gasteiger partial charge in [0.05, 0.1) is 0 Å². The summed E-state index contributed by atoms with van der Waals surface area (Å²) in [5.74, 6) is -1.90. The van der Waals surface area contributed by atoms with Crippen LogP contribution >= 0.6 is 11.6 Å². The van der Waals surface area contributed by atoms with Crippen molar-refractivity contribution in [1.82, 2.24) is 0 Å². The SMILES string of the molecule is CC(=O)OC[C@H]1O[C@H](O)[C@H](Cl)[C@@H](OC(C)=O)[C@H]1OC(C)=O. The molecular weight excluding hydrogens is 308 g/mol. The van der Waals surface area contributed by atoms with Crippen LogP contribution in [0, 0.1) is 0 Å². The summed E-state index contributed by atoms with van der Waals surface area (Å²) >= 11 is 5.93. The molecule has 0 bridgehead atoms. The number of carbonyl (C=O) groups is 3. The maximum Gasteiger partial charge on any atom is 0.303 e. The molecule has 0 aliphatic carbocycles. The van der Waals surface area contributed by atoms with E-state index >= 15 is 0 Å². The first-order valence-corrected chi connectivity index (χ1v) is 6.61. The van der Waals surface area contributed by atoms with Gasteiger partial charge in [-0.25, -0.2) is 0 Å². The van der Waals surface area contributed by atoms with E-state index in [1.165, 1.54) is 6.92 Å². The fourth-order valence-corrected chi connectivity index (χ4v) is 2.13. The number of alkyl halides is 1. The summed E-state index contributed by atoms with van der Waals surface area (Å²) < 4.78 is 20.0. The summed E-state index contributed by atoms with van der Waals surface area (Å²) in [6, 6.07) is 0. The molecule has 9 heteroatoms. The summed E-state index contributed by atoms with van der Waals surface area (Å²) in [5, 5.41) is 8.59. The zero-order valence-electron chi connectivity index (χ0n) is 11.8. The van der Waals surface area contributed by atoms with E-state index in [-0.39, 0.29) is 6.61 Å². The van der Waals surface area contributed by atoms with Gasteiger partial charge in [-0.15, -0.1) is 11.6 Å². The van der Waals surface area contributed by atoms with Crippen LogP contribution < -0.4 is 0 Å². The lowest BCUT2D eigenvalue weighted by Gasteiger charge is -2.41. The van der Waals surface area contributed by atoms with E-state index in [2.05, 4.69) is 0 Å². The van der Waals surface area contributed by atoms with Gasteiger partial charge in [0.25, 0.3) is 0 Å². The van der Waals surface area contributed by atoms with Crippen LogP contribution in [-0.4, -0.2) is 59.6 Å². The van der Waals surface area contributed by atoms with Gasteiger partial charge in [0.1, 0.15) is 18.1 Å². The Morgan fingerprint density at radius 3 is 2.05 bits per heavy atom. The van der Waals surface area contributed by atoms with Crippen LogP contribution in [0.15, 0.2) is 0 Å². The summed E-state index contributed by atoms with van der Waals surface area (Å²) in [6.45, 7) is 3.21. The van der Waals surface area contributed by atoms with Crippen molar-refractivity contribution in [3.05, 3.63) is 0 Å². The number of carbonyl (C=O) groups excluding carboxylic acids is 3. The number of hydrogen-bond acceptors (Lipinski definition) is 8. The molecule has 21 heavy (non-hydrogen) atoms. The van der Waals surface area contributed by atoms with Crippen molar-refractivity contribution < 1.29 is 38.4 Å². The van der Waals surface area contributed by atoms with E-state index in [1.807, 2.05) is 0 Å². The van der Waals surface area contributed by atoms with Gasteiger partial charge in [0.15, 0.2) is 18.5 Å². The molecule has 1 aliphatic rings. The largest absolute Gasteiger partial charge is 0.463 e. The second kappa shape index (κ2) is 7.58. The summed E-state index contributed by atoms with van der Waals surface area (Å²) in [6.07, 6.45) is -4.70. The molecule has 0 aromatic rings. The molecule has 1 fully saturated rings. The zero-order chi connectivity index (χ0) is 16.2. The van der Waals surface area contributed by atoms with E-state index in [1.54, 1.807) is 0 Å². The highest BCUT2D eigenvalue weighted by Gasteiger charge is 2.49. The lowest BCUT2D eigenvalue weighted by atomic mass is 10.0. The van der Waals surface area contributed by atoms with Crippen LogP contribution in [0.1, 0.15) is 20.8 Å². The Morgan fingerprint density at radius 1 is 1.05 bits per heavy atom. The smallest absolute Gasteiger partial charge is 0.303 e. The van der Waals surface area contributed by atoms with Crippen LogP contribution in [0.2, 0.25) is 0 Å². The molecule has 5 atom stereocenters. The quantitative estimate of drug-likeness (QED) is 0.428. The van der Waals surface area contributed by atoms with Crippen molar-refractivity contribution in [3.8, 4) is 0 Å². The maximum atomic E-state index is 11.2. The molecule has 0 saturated carbocycles. The minimum absolute atomic E-state index is 0.286. The first-order valence-electron chi connectivity index (χ1n) is 6.17. The summed E-state index contributed by atoms with van der Waals surface area (Å²) in [5.41, 5.74) is 0. The molecule has 0 amide bonds. The Kier molecular flexibility index (Phi) is 6.38. The molecule has 120 valence electrons. The van der Waals surface area contributed by atoms with E-state index in [4.69, 9.17) is 30.5 Å². The molecule has 1 rings (SSSR count). The normalized spacial score (nSPS) is 32.1. The molecule has 1 N–H and O–H groups in total. The van der Waals surface area contributed by atoms with Crippen LogP contribution in [0.25, 0.3) is 0 Å². The fraction of sp³-hybridized carbons (Fsp3) is 0.750. The summed E-state index contributed by atoms with van der Waals surface area (Å²) in [4.78, 5) is 33.2. The van der Waals surface area contributed by atoms with E-state index in [0.29, 0.717) is 0 Å². The van der Waals surface area contributed by atoms with Crippen LogP contribution in [-0.2, 0) is 33.3 Å². The lowest BCUT2D eigenvalue weighted by molar-refractivity contribution is -0.250. The molecule has 0 unspecified atom stereocenters. The molecule has 1 heterocycles. The highest BCUT2D eigenvalue weighted by molar-refractivity contribution is 6.21. The Hall–Kier alpha value is -1.38. The number of aliphatic hydroxyl groups excluding tert-OH is 1. The second-order valence-electron chi connectivity index (χ2n) is 4.46. The third-order valence-corrected chi connectivity index (χ3v) is 3.11. The van der Waals surface area contributed by atoms with Crippen molar-refractivity contribution in [2.75, 3.05) is 6.61 Å². The number of esters is 3. The van der Waals surface area contributed by atoms with E-state index in [0.717, 1.165) is 13.8 Å². The van der Waals surface area contributed by atoms with Gasteiger partial charge in [-0.1, -0.05) is 0 Å². The Bertz CT molecular complexity index is 412. The van der Waals surface area contributed by atoms with Gasteiger partial charge in [0, 0.05) is 20.8 Å². The first-order chi connectivity index (χ1) is 9.72. The van der Waals surface area contributed by atoms with Crippen LogP contribution in [0.4, 0.5) is 0 Å². The molecule has 0 aromatic carbocycles. The average Bonchev–Trinajstić information content (AvgIpc) is 2.35. The number of hydrogen-bond donors (Lipinski definition) is 1. The third kappa shape index (κ3) is 5.14. The topological polar surface area (TPSA) is 108 Å². The van der Waals surface area contributed by atoms with Crippen molar-refractivity contribution in [2.24, 2.45) is 0 Å². The molecule has 8 nitrogen and oxygen atoms in total. The number of aliphatic hydroxyl groups is 1. The molecule has 1 saturated heterocycles. The maximum absolute atomic E-state index is 11.2. The van der Waals surface area contributed by atoms with Crippen molar-refractivity contribution in [3.63, 3.8) is 0 Å². The molecular formula is C12H17ClO8. The molecule has 0 spiro atoms. The number of ether oxygens (including phenoxy) is 4. The standard InChI is InChI=1S/C12H17ClO8/c1-5(14)18-4-8-10(19-6(2)15)11(20-7(3)16)9(13)12(17)21-8/h8-12,17H,4H2,1-3H3/t8-,9-,10+,11-,12+/m1/s1. The minimum atomic E-state index is -1.47. The first kappa shape index (κ1) is 17.7. The molecule has 1 aliphatic heterocycles. The minimum Gasteiger partial charge on any atom is -0.463 e.